The zero-order chi connectivity index (χ0) is 14.3. The smallest absolute Gasteiger partial charge is 0.322 e. The monoisotopic (exact) mass is 272 g/mol. The van der Waals surface area contributed by atoms with Gasteiger partial charge in [-0.25, -0.2) is 0 Å². The van der Waals surface area contributed by atoms with Crippen molar-refractivity contribution in [2.24, 2.45) is 5.73 Å². The largest absolute Gasteiger partial charge is 0.468 e. The summed E-state index contributed by atoms with van der Waals surface area (Å²) in [6.45, 7) is 7.42. The number of nitrogens with two attached hydrogens (primary N) is 1. The molecule has 0 saturated carbocycles. The Morgan fingerprint density at radius 2 is 1.74 bits per heavy atom. The normalized spacial score (nSPS) is 19.6. The van der Waals surface area contributed by atoms with Gasteiger partial charge in [0.1, 0.15) is 6.04 Å². The third kappa shape index (κ3) is 6.33. The van der Waals surface area contributed by atoms with E-state index in [1.807, 2.05) is 0 Å². The minimum absolute atomic E-state index is 0.315. The van der Waals surface area contributed by atoms with Crippen molar-refractivity contribution in [1.29, 1.82) is 0 Å². The molecule has 1 unspecified atom stereocenters. The quantitative estimate of drug-likeness (QED) is 0.603. The second-order valence-electron chi connectivity index (χ2n) is 5.40. The molecule has 2 N–H and O–H groups in total. The number of hydrogen-bond acceptors (Lipinski definition) is 6. The van der Waals surface area contributed by atoms with E-state index in [1.54, 1.807) is 0 Å². The number of methoxy groups -OCH3 is 1. The van der Waals surface area contributed by atoms with E-state index in [1.165, 1.54) is 7.11 Å². The number of ether oxygens (including phenoxy) is 1. The van der Waals surface area contributed by atoms with Gasteiger partial charge in [0.25, 0.3) is 0 Å². The van der Waals surface area contributed by atoms with Crippen molar-refractivity contribution >= 4 is 5.97 Å². The summed E-state index contributed by atoms with van der Waals surface area (Å²) in [5, 5.41) is 0. The lowest BCUT2D eigenvalue weighted by Crippen LogP contribution is -2.49. The predicted molar refractivity (Wildman–Crippen MR) is 76.0 cm³/mol. The minimum atomic E-state index is -0.489. The van der Waals surface area contributed by atoms with E-state index in [9.17, 15) is 4.79 Å². The summed E-state index contributed by atoms with van der Waals surface area (Å²) < 4.78 is 4.63. The van der Waals surface area contributed by atoms with E-state index < -0.39 is 6.04 Å². The summed E-state index contributed by atoms with van der Waals surface area (Å²) in [4.78, 5) is 18.3. The highest BCUT2D eigenvalue weighted by Gasteiger charge is 2.19. The summed E-state index contributed by atoms with van der Waals surface area (Å²) in [5.74, 6) is -0.315. The number of esters is 1. The molecular weight excluding hydrogens is 244 g/mol. The Bertz CT molecular complexity index is 265. The molecular formula is C13H28N4O2. The van der Waals surface area contributed by atoms with E-state index in [0.717, 1.165) is 45.8 Å². The third-order valence-electron chi connectivity index (χ3n) is 3.59. The molecule has 1 fully saturated rings. The van der Waals surface area contributed by atoms with Crippen molar-refractivity contribution in [3.63, 3.8) is 0 Å². The lowest BCUT2D eigenvalue weighted by atomic mass is 10.2. The summed E-state index contributed by atoms with van der Waals surface area (Å²) in [6.07, 6.45) is 0.671. The molecule has 0 amide bonds. The SMILES string of the molecule is COC(=O)C(N)CCN1CCN(CCN(C)C)CC1. The molecule has 0 aromatic carbocycles. The Labute approximate surface area is 116 Å². The van der Waals surface area contributed by atoms with Crippen LogP contribution in [0.2, 0.25) is 0 Å². The first-order chi connectivity index (χ1) is 9.02. The number of carbonyl (C=O) groups is 1. The van der Waals surface area contributed by atoms with Crippen LogP contribution in [0.25, 0.3) is 0 Å². The van der Waals surface area contributed by atoms with Gasteiger partial charge in [0.2, 0.25) is 0 Å². The van der Waals surface area contributed by atoms with Crippen molar-refractivity contribution in [3.05, 3.63) is 0 Å². The van der Waals surface area contributed by atoms with Crippen LogP contribution < -0.4 is 5.73 Å². The molecule has 0 aliphatic carbocycles. The summed E-state index contributed by atoms with van der Waals surface area (Å²) in [5.41, 5.74) is 5.74. The maximum absolute atomic E-state index is 11.2. The van der Waals surface area contributed by atoms with Crippen molar-refractivity contribution in [2.75, 3.05) is 67.0 Å². The second kappa shape index (κ2) is 8.47. The summed E-state index contributed by atoms with van der Waals surface area (Å²) in [7, 11) is 5.58. The molecule has 112 valence electrons. The number of nitrogens with zero attached hydrogens (tertiary/aromatic N) is 3. The molecule has 0 radical (unpaired) electrons. The molecule has 6 heteroatoms. The van der Waals surface area contributed by atoms with Crippen LogP contribution in [-0.2, 0) is 9.53 Å². The van der Waals surface area contributed by atoms with Crippen LogP contribution in [0, 0.1) is 0 Å². The first-order valence-corrected chi connectivity index (χ1v) is 6.95. The number of rotatable bonds is 7. The van der Waals surface area contributed by atoms with Gasteiger partial charge in [-0.05, 0) is 20.5 Å². The van der Waals surface area contributed by atoms with Crippen molar-refractivity contribution < 1.29 is 9.53 Å². The summed E-state index contributed by atoms with van der Waals surface area (Å²) >= 11 is 0. The molecule has 0 aromatic heterocycles. The van der Waals surface area contributed by atoms with Crippen LogP contribution in [0.1, 0.15) is 6.42 Å². The zero-order valence-corrected chi connectivity index (χ0v) is 12.5. The van der Waals surface area contributed by atoms with E-state index in [0.29, 0.717) is 6.42 Å². The topological polar surface area (TPSA) is 62.0 Å². The fraction of sp³-hybridized carbons (Fsp3) is 0.923. The van der Waals surface area contributed by atoms with Crippen molar-refractivity contribution in [1.82, 2.24) is 14.7 Å². The maximum Gasteiger partial charge on any atom is 0.322 e. The summed E-state index contributed by atoms with van der Waals surface area (Å²) in [6, 6.07) is -0.489. The fourth-order valence-corrected chi connectivity index (χ4v) is 2.17. The van der Waals surface area contributed by atoms with Crippen molar-refractivity contribution in [3.8, 4) is 0 Å². The van der Waals surface area contributed by atoms with Gasteiger partial charge in [-0.1, -0.05) is 0 Å². The van der Waals surface area contributed by atoms with E-state index >= 15 is 0 Å². The Hall–Kier alpha value is -0.690. The molecule has 1 aliphatic rings. The Morgan fingerprint density at radius 1 is 1.21 bits per heavy atom. The van der Waals surface area contributed by atoms with E-state index in [2.05, 4.69) is 33.5 Å². The van der Waals surface area contributed by atoms with Gasteiger partial charge in [-0.2, -0.15) is 0 Å². The van der Waals surface area contributed by atoms with Crippen LogP contribution in [0.4, 0.5) is 0 Å². The maximum atomic E-state index is 11.2. The first-order valence-electron chi connectivity index (χ1n) is 6.95. The molecule has 1 saturated heterocycles. The van der Waals surface area contributed by atoms with Gasteiger partial charge in [0.15, 0.2) is 0 Å². The molecule has 19 heavy (non-hydrogen) atoms. The van der Waals surface area contributed by atoms with Crippen LogP contribution in [0.5, 0.6) is 0 Å². The van der Waals surface area contributed by atoms with Crippen LogP contribution in [-0.4, -0.2) is 93.7 Å². The lowest BCUT2D eigenvalue weighted by molar-refractivity contribution is -0.142. The molecule has 0 aromatic rings. The standard InChI is InChI=1S/C13H28N4O2/c1-15(2)6-7-17-10-8-16(9-11-17)5-4-12(14)13(18)19-3/h12H,4-11,14H2,1-3H3. The van der Waals surface area contributed by atoms with Gasteiger partial charge in [0, 0.05) is 45.8 Å². The van der Waals surface area contributed by atoms with E-state index in [4.69, 9.17) is 5.73 Å². The van der Waals surface area contributed by atoms with Gasteiger partial charge >= 0.3 is 5.97 Å². The van der Waals surface area contributed by atoms with E-state index in [-0.39, 0.29) is 5.97 Å². The Kier molecular flexibility index (Phi) is 7.30. The fourth-order valence-electron chi connectivity index (χ4n) is 2.17. The average Bonchev–Trinajstić information content (AvgIpc) is 2.42. The van der Waals surface area contributed by atoms with Crippen LogP contribution in [0.3, 0.4) is 0 Å². The van der Waals surface area contributed by atoms with Gasteiger partial charge in [-0.3, -0.25) is 9.69 Å². The van der Waals surface area contributed by atoms with Crippen molar-refractivity contribution in [2.45, 2.75) is 12.5 Å². The Balaban J connectivity index is 2.14. The van der Waals surface area contributed by atoms with Crippen LogP contribution in [0.15, 0.2) is 0 Å². The van der Waals surface area contributed by atoms with Gasteiger partial charge in [0.05, 0.1) is 7.11 Å². The lowest BCUT2D eigenvalue weighted by Gasteiger charge is -2.35. The molecule has 1 atom stereocenters. The minimum Gasteiger partial charge on any atom is -0.468 e. The average molecular weight is 272 g/mol. The number of carbonyl (C=O) groups excluding carboxylic acids is 1. The predicted octanol–water partition coefficient (Wildman–Crippen LogP) is -0.944. The highest BCUT2D eigenvalue weighted by Crippen LogP contribution is 2.03. The van der Waals surface area contributed by atoms with Crippen LogP contribution >= 0.6 is 0 Å². The molecule has 0 spiro atoms. The Morgan fingerprint density at radius 3 is 2.21 bits per heavy atom. The highest BCUT2D eigenvalue weighted by molar-refractivity contribution is 5.75. The molecule has 6 nitrogen and oxygen atoms in total. The molecule has 1 aliphatic heterocycles. The van der Waals surface area contributed by atoms with Gasteiger partial charge < -0.3 is 20.3 Å². The number of hydrogen-bond donors (Lipinski definition) is 1. The molecule has 1 rings (SSSR count). The third-order valence-corrected chi connectivity index (χ3v) is 3.59. The van der Waals surface area contributed by atoms with Gasteiger partial charge in [-0.15, -0.1) is 0 Å². The molecule has 0 bridgehead atoms. The zero-order valence-electron chi connectivity index (χ0n) is 12.5. The second-order valence-corrected chi connectivity index (χ2v) is 5.40. The first kappa shape index (κ1) is 16.4. The number of likely N-dealkylation sites (N-methyl/N-ethyl adjacent to an activating group) is 1. The highest BCUT2D eigenvalue weighted by atomic mass is 16.5. The molecule has 1 heterocycles. The number of piperazine rings is 1.